The van der Waals surface area contributed by atoms with E-state index < -0.39 is 0 Å². The van der Waals surface area contributed by atoms with Gasteiger partial charge in [-0.3, -0.25) is 0 Å². The summed E-state index contributed by atoms with van der Waals surface area (Å²) in [5, 5.41) is 10.4. The molecule has 1 nitrogen and oxygen atoms in total. The van der Waals surface area contributed by atoms with Crippen LogP contribution in [0.4, 0.5) is 0 Å². The van der Waals surface area contributed by atoms with Gasteiger partial charge in [-0.05, 0) is 35.9 Å². The number of hydrogen-bond donors (Lipinski definition) is 1. The highest BCUT2D eigenvalue weighted by Crippen LogP contribution is 2.31. The average Bonchev–Trinajstić information content (AvgIpc) is 2.47. The summed E-state index contributed by atoms with van der Waals surface area (Å²) in [7, 11) is 0. The van der Waals surface area contributed by atoms with E-state index in [1.165, 1.54) is 4.90 Å². The standard InChI is InChI=1S/C15H14Cl2OS2/c16-12-3-6-14(17)15(9-12)20-8-7-19-13-4-1-11(10-18)2-5-13/h1-6,9,18H,7-8,10H2. The van der Waals surface area contributed by atoms with E-state index in [1.54, 1.807) is 29.6 Å². The number of rotatable bonds is 6. The van der Waals surface area contributed by atoms with Crippen LogP contribution in [0.1, 0.15) is 5.56 Å². The normalized spacial score (nSPS) is 10.8. The van der Waals surface area contributed by atoms with E-state index in [0.29, 0.717) is 5.02 Å². The molecule has 2 aromatic carbocycles. The van der Waals surface area contributed by atoms with E-state index in [1.807, 2.05) is 36.4 Å². The van der Waals surface area contributed by atoms with Crippen molar-refractivity contribution in [1.82, 2.24) is 0 Å². The quantitative estimate of drug-likeness (QED) is 0.561. The number of halogens is 2. The molecule has 0 aliphatic carbocycles. The fourth-order valence-corrected chi connectivity index (χ4v) is 3.98. The fraction of sp³-hybridized carbons (Fsp3) is 0.200. The Bertz CT molecular complexity index is 558. The van der Waals surface area contributed by atoms with Crippen LogP contribution in [0.2, 0.25) is 10.0 Å². The molecular formula is C15H14Cl2OS2. The van der Waals surface area contributed by atoms with E-state index in [4.69, 9.17) is 28.3 Å². The summed E-state index contributed by atoms with van der Waals surface area (Å²) in [6, 6.07) is 13.5. The molecule has 0 aliphatic heterocycles. The van der Waals surface area contributed by atoms with E-state index in [2.05, 4.69) is 0 Å². The maximum Gasteiger partial charge on any atom is 0.0681 e. The predicted octanol–water partition coefficient (Wildman–Crippen LogP) is 5.37. The highest BCUT2D eigenvalue weighted by atomic mass is 35.5. The minimum absolute atomic E-state index is 0.0913. The van der Waals surface area contributed by atoms with Gasteiger partial charge in [0.15, 0.2) is 0 Å². The topological polar surface area (TPSA) is 20.2 Å². The molecule has 0 aromatic heterocycles. The average molecular weight is 345 g/mol. The summed E-state index contributed by atoms with van der Waals surface area (Å²) in [6.45, 7) is 0.0913. The zero-order chi connectivity index (χ0) is 14.4. The summed E-state index contributed by atoms with van der Waals surface area (Å²) in [4.78, 5) is 2.23. The van der Waals surface area contributed by atoms with Crippen LogP contribution < -0.4 is 0 Å². The van der Waals surface area contributed by atoms with Crippen molar-refractivity contribution in [2.75, 3.05) is 11.5 Å². The molecule has 1 N–H and O–H groups in total. The molecule has 0 heterocycles. The van der Waals surface area contributed by atoms with Gasteiger partial charge < -0.3 is 5.11 Å². The molecular weight excluding hydrogens is 331 g/mol. The molecule has 0 fully saturated rings. The summed E-state index contributed by atoms with van der Waals surface area (Å²) in [5.74, 6) is 1.96. The van der Waals surface area contributed by atoms with Gasteiger partial charge >= 0.3 is 0 Å². The molecule has 0 atom stereocenters. The molecule has 5 heteroatoms. The highest BCUT2D eigenvalue weighted by molar-refractivity contribution is 8.03. The van der Waals surface area contributed by atoms with Crippen molar-refractivity contribution in [2.45, 2.75) is 16.4 Å². The van der Waals surface area contributed by atoms with Crippen molar-refractivity contribution in [1.29, 1.82) is 0 Å². The molecule has 0 saturated heterocycles. The first-order valence-corrected chi connectivity index (χ1v) is 8.82. The first-order chi connectivity index (χ1) is 9.69. The van der Waals surface area contributed by atoms with Crippen LogP contribution in [-0.2, 0) is 6.61 Å². The first kappa shape index (κ1) is 16.1. The molecule has 0 bridgehead atoms. The Morgan fingerprint density at radius 2 is 1.60 bits per heavy atom. The number of benzene rings is 2. The third-order valence-electron chi connectivity index (χ3n) is 2.61. The Balaban J connectivity index is 1.79. The molecule has 0 amide bonds. The predicted molar refractivity (Wildman–Crippen MR) is 90.3 cm³/mol. The third-order valence-corrected chi connectivity index (χ3v) is 5.61. The SMILES string of the molecule is OCc1ccc(SCCSc2cc(Cl)ccc2Cl)cc1. The Morgan fingerprint density at radius 3 is 2.30 bits per heavy atom. The lowest BCUT2D eigenvalue weighted by Gasteiger charge is -2.05. The molecule has 2 rings (SSSR count). The zero-order valence-corrected chi connectivity index (χ0v) is 13.8. The maximum atomic E-state index is 8.98. The Hall–Kier alpha value is -0.320. The fourth-order valence-electron chi connectivity index (χ4n) is 1.59. The second-order valence-electron chi connectivity index (χ2n) is 4.07. The first-order valence-electron chi connectivity index (χ1n) is 6.09. The Kier molecular flexibility index (Phi) is 6.59. The smallest absolute Gasteiger partial charge is 0.0681 e. The third kappa shape index (κ3) is 4.90. The van der Waals surface area contributed by atoms with Gasteiger partial charge in [0.1, 0.15) is 0 Å². The second-order valence-corrected chi connectivity index (χ2v) is 7.22. The Morgan fingerprint density at radius 1 is 0.900 bits per heavy atom. The number of aliphatic hydroxyl groups excluding tert-OH is 1. The van der Waals surface area contributed by atoms with Gasteiger partial charge in [0.05, 0.1) is 11.6 Å². The minimum Gasteiger partial charge on any atom is -0.392 e. The second kappa shape index (κ2) is 8.20. The number of thioether (sulfide) groups is 2. The van der Waals surface area contributed by atoms with Crippen LogP contribution in [0.3, 0.4) is 0 Å². The van der Waals surface area contributed by atoms with Gasteiger partial charge in [-0.15, -0.1) is 23.5 Å². The summed E-state index contributed by atoms with van der Waals surface area (Å²) >= 11 is 15.6. The van der Waals surface area contributed by atoms with Gasteiger partial charge in [0.25, 0.3) is 0 Å². The van der Waals surface area contributed by atoms with Crippen molar-refractivity contribution in [2.24, 2.45) is 0 Å². The lowest BCUT2D eigenvalue weighted by Crippen LogP contribution is -1.86. The van der Waals surface area contributed by atoms with Crippen molar-refractivity contribution in [3.8, 4) is 0 Å². The van der Waals surface area contributed by atoms with Crippen LogP contribution in [0, 0.1) is 0 Å². The van der Waals surface area contributed by atoms with Gasteiger partial charge in [0.2, 0.25) is 0 Å². The van der Waals surface area contributed by atoms with Crippen LogP contribution >= 0.6 is 46.7 Å². The van der Waals surface area contributed by atoms with Crippen molar-refractivity contribution >= 4 is 46.7 Å². The number of aliphatic hydroxyl groups is 1. The highest BCUT2D eigenvalue weighted by Gasteiger charge is 2.02. The molecule has 0 aliphatic rings. The molecule has 0 saturated carbocycles. The van der Waals surface area contributed by atoms with Gasteiger partial charge in [-0.2, -0.15) is 0 Å². The van der Waals surface area contributed by atoms with Crippen molar-refractivity contribution < 1.29 is 5.11 Å². The Labute approximate surface area is 137 Å². The van der Waals surface area contributed by atoms with Crippen molar-refractivity contribution in [3.05, 3.63) is 58.1 Å². The zero-order valence-electron chi connectivity index (χ0n) is 10.7. The van der Waals surface area contributed by atoms with Gasteiger partial charge in [0, 0.05) is 26.3 Å². The molecule has 106 valence electrons. The van der Waals surface area contributed by atoms with E-state index in [-0.39, 0.29) is 6.61 Å². The summed E-state index contributed by atoms with van der Waals surface area (Å²) in [5.41, 5.74) is 0.939. The van der Waals surface area contributed by atoms with Crippen LogP contribution in [0.5, 0.6) is 0 Å². The minimum atomic E-state index is 0.0913. The monoisotopic (exact) mass is 344 g/mol. The lowest BCUT2D eigenvalue weighted by molar-refractivity contribution is 0.282. The van der Waals surface area contributed by atoms with Crippen LogP contribution in [-0.4, -0.2) is 16.6 Å². The summed E-state index contributed by atoms with van der Waals surface area (Å²) < 4.78 is 0. The summed E-state index contributed by atoms with van der Waals surface area (Å²) in [6.07, 6.45) is 0. The van der Waals surface area contributed by atoms with E-state index >= 15 is 0 Å². The van der Waals surface area contributed by atoms with E-state index in [9.17, 15) is 0 Å². The molecule has 20 heavy (non-hydrogen) atoms. The van der Waals surface area contributed by atoms with Crippen molar-refractivity contribution in [3.63, 3.8) is 0 Å². The van der Waals surface area contributed by atoms with Crippen LogP contribution in [0.25, 0.3) is 0 Å². The molecule has 0 spiro atoms. The van der Waals surface area contributed by atoms with Gasteiger partial charge in [-0.25, -0.2) is 0 Å². The largest absolute Gasteiger partial charge is 0.392 e. The molecule has 0 radical (unpaired) electrons. The molecule has 0 unspecified atom stereocenters. The van der Waals surface area contributed by atoms with Gasteiger partial charge in [-0.1, -0.05) is 35.3 Å². The maximum absolute atomic E-state index is 8.98. The van der Waals surface area contributed by atoms with Crippen LogP contribution in [0.15, 0.2) is 52.3 Å². The molecule has 2 aromatic rings. The number of hydrogen-bond acceptors (Lipinski definition) is 3. The lowest BCUT2D eigenvalue weighted by atomic mass is 10.2. The van der Waals surface area contributed by atoms with E-state index in [0.717, 1.165) is 27.0 Å².